The average molecular weight is 1120 g/mol. The van der Waals surface area contributed by atoms with Gasteiger partial charge in [-0.3, -0.25) is 57.7 Å². The topological polar surface area (TPSA) is 284 Å². The van der Waals surface area contributed by atoms with Crippen LogP contribution in [0.3, 0.4) is 0 Å². The SMILES string of the molecule is CC[C@H](C)C([C@@H](CC(=O)N1CCC[C@H]1[C@H](OC)[C@@H](C)C(=O)C[C@H](Cc1ccccc1)C(=O)O)OC)N(C)C(=O)[C@@H](CC(=O)[C@H](C(C)C)N(C)C(=O)CCCCCN1C(=O)CC(SCC(CC(=O)CON)C(N)=O)C1=O)C(C)C. The molecular weight excluding hydrogens is 1020 g/mol. The zero-order chi connectivity index (χ0) is 58.6. The maximum Gasteiger partial charge on any atom is 0.307 e. The Kier molecular flexibility index (Phi) is 28.3. The number of amides is 6. The zero-order valence-corrected chi connectivity index (χ0v) is 48.8. The number of nitrogens with zero attached hydrogens (tertiary/aromatic N) is 4. The molecule has 0 aromatic heterocycles. The Morgan fingerprint density at radius 1 is 0.833 bits per heavy atom. The van der Waals surface area contributed by atoms with Crippen LogP contribution in [0.2, 0.25) is 0 Å². The van der Waals surface area contributed by atoms with Gasteiger partial charge in [-0.2, -0.15) is 0 Å². The maximum absolute atomic E-state index is 14.8. The Hall–Kier alpha value is -5.09. The van der Waals surface area contributed by atoms with Crippen molar-refractivity contribution in [2.24, 2.45) is 53.1 Å². The molecule has 0 radical (unpaired) electrons. The molecule has 2 heterocycles. The smallest absolute Gasteiger partial charge is 0.307 e. The van der Waals surface area contributed by atoms with Gasteiger partial charge in [0.15, 0.2) is 11.6 Å². The molecule has 6 amide bonds. The number of ketones is 3. The number of primary amides is 1. The summed E-state index contributed by atoms with van der Waals surface area (Å²) in [6.07, 6.45) is 1.56. The molecule has 20 nitrogen and oxygen atoms in total. The van der Waals surface area contributed by atoms with Crippen molar-refractivity contribution in [3.05, 3.63) is 35.9 Å². The summed E-state index contributed by atoms with van der Waals surface area (Å²) in [5.41, 5.74) is 6.28. The second-order valence-electron chi connectivity index (χ2n) is 22.1. The number of carboxylic acids is 1. The highest BCUT2D eigenvalue weighted by Gasteiger charge is 2.44. The lowest BCUT2D eigenvalue weighted by Crippen LogP contribution is -2.54. The lowest BCUT2D eigenvalue weighted by atomic mass is 9.83. The average Bonchev–Trinajstić information content (AvgIpc) is 3.98. The van der Waals surface area contributed by atoms with Crippen LogP contribution in [0.5, 0.6) is 0 Å². The van der Waals surface area contributed by atoms with Crippen LogP contribution in [0.25, 0.3) is 0 Å². The Morgan fingerprint density at radius 3 is 2.06 bits per heavy atom. The van der Waals surface area contributed by atoms with E-state index in [0.29, 0.717) is 45.1 Å². The van der Waals surface area contributed by atoms with Crippen LogP contribution >= 0.6 is 11.8 Å². The fraction of sp³-hybridized carbons (Fsp3) is 0.719. The summed E-state index contributed by atoms with van der Waals surface area (Å²) < 4.78 is 12.0. The minimum absolute atomic E-state index is 0.0468. The van der Waals surface area contributed by atoms with Crippen molar-refractivity contribution < 1.29 is 67.4 Å². The number of thioether (sulfide) groups is 1. The Morgan fingerprint density at radius 2 is 1.50 bits per heavy atom. The Labute approximate surface area is 466 Å². The van der Waals surface area contributed by atoms with E-state index < -0.39 is 76.9 Å². The van der Waals surface area contributed by atoms with E-state index in [9.17, 15) is 53.1 Å². The monoisotopic (exact) mass is 1110 g/mol. The highest BCUT2D eigenvalue weighted by Crippen LogP contribution is 2.33. The molecule has 5 N–H and O–H groups in total. The first-order chi connectivity index (χ1) is 36.8. The Balaban J connectivity index is 1.64. The summed E-state index contributed by atoms with van der Waals surface area (Å²) in [5, 5.41) is 9.32. The third kappa shape index (κ3) is 19.0. The minimum atomic E-state index is -1.06. The van der Waals surface area contributed by atoms with E-state index in [1.807, 2.05) is 71.9 Å². The van der Waals surface area contributed by atoms with Crippen molar-refractivity contribution in [1.29, 1.82) is 0 Å². The van der Waals surface area contributed by atoms with Crippen LogP contribution in [0, 0.1) is 41.4 Å². The van der Waals surface area contributed by atoms with Crippen molar-refractivity contribution in [1.82, 2.24) is 19.6 Å². The molecule has 0 bridgehead atoms. The maximum atomic E-state index is 14.8. The van der Waals surface area contributed by atoms with Crippen LogP contribution in [0.4, 0.5) is 0 Å². The lowest BCUT2D eigenvalue weighted by Gasteiger charge is -2.41. The lowest BCUT2D eigenvalue weighted by molar-refractivity contribution is -0.150. The highest BCUT2D eigenvalue weighted by molar-refractivity contribution is 8.00. The molecule has 438 valence electrons. The third-order valence-corrected chi connectivity index (χ3v) is 17.2. The number of Topliss-reactive ketones (excluding diaryl/α,β-unsaturated/α-hetero) is 3. The van der Waals surface area contributed by atoms with E-state index in [1.54, 1.807) is 30.8 Å². The number of methoxy groups -OCH3 is 2. The largest absolute Gasteiger partial charge is 0.481 e. The molecule has 0 aliphatic carbocycles. The predicted molar refractivity (Wildman–Crippen MR) is 295 cm³/mol. The number of aliphatic carboxylic acids is 1. The van der Waals surface area contributed by atoms with Gasteiger partial charge in [0.25, 0.3) is 0 Å². The number of carbonyl (C=O) groups excluding carboxylic acids is 9. The molecule has 2 fully saturated rings. The van der Waals surface area contributed by atoms with Gasteiger partial charge in [0, 0.05) is 91.1 Å². The quantitative estimate of drug-likeness (QED) is 0.0454. The van der Waals surface area contributed by atoms with Gasteiger partial charge in [-0.1, -0.05) is 91.6 Å². The fourth-order valence-electron chi connectivity index (χ4n) is 11.1. The number of carboxylic acid groups (broad SMARTS) is 1. The molecule has 78 heavy (non-hydrogen) atoms. The Bertz CT molecular complexity index is 2200. The number of rotatable bonds is 37. The molecule has 2 saturated heterocycles. The number of likely N-dealkylation sites (tertiary alicyclic amines) is 2. The first kappa shape index (κ1) is 67.2. The molecule has 1 aromatic carbocycles. The second-order valence-corrected chi connectivity index (χ2v) is 23.3. The van der Waals surface area contributed by atoms with Gasteiger partial charge in [-0.25, -0.2) is 5.90 Å². The number of hydrogen-bond donors (Lipinski definition) is 3. The number of benzene rings is 1. The van der Waals surface area contributed by atoms with Gasteiger partial charge in [0.05, 0.1) is 53.8 Å². The summed E-state index contributed by atoms with van der Waals surface area (Å²) in [4.78, 5) is 143. The summed E-state index contributed by atoms with van der Waals surface area (Å²) in [7, 11) is 6.28. The van der Waals surface area contributed by atoms with E-state index in [-0.39, 0.29) is 123 Å². The van der Waals surface area contributed by atoms with Gasteiger partial charge in [0.2, 0.25) is 35.4 Å². The van der Waals surface area contributed by atoms with E-state index in [2.05, 4.69) is 4.84 Å². The van der Waals surface area contributed by atoms with Gasteiger partial charge in [-0.15, -0.1) is 11.8 Å². The van der Waals surface area contributed by atoms with Gasteiger partial charge < -0.3 is 35.0 Å². The fourth-order valence-corrected chi connectivity index (χ4v) is 12.4. The standard InChI is InChI=1S/C57H90N6O14S/c1-12-36(6)52(46(75-10)30-49(68)62-25-19-22-43(62)53(76-11)37(7)44(65)28-39(57(73)74)26-38-20-15-13-16-21-38)61(9)55(71)42(34(2)3)29-45(66)51(35(4)5)60(8)48(67)23-17-14-18-24-63-50(69)31-47(56(63)72)78-33-40(54(58)70)27-41(64)32-77-59/h13,15-16,20-21,34-37,39-40,42-43,46-47,51-53H,12,14,17-19,22-33,59H2,1-11H3,(H2,58,70)(H,73,74)/t36-,37-,39-,40?,42-,43-,46+,47?,51-,52?,53+/m0/s1. The summed E-state index contributed by atoms with van der Waals surface area (Å²) in [5.74, 6) is -3.11. The van der Waals surface area contributed by atoms with Crippen LogP contribution in [0.1, 0.15) is 131 Å². The van der Waals surface area contributed by atoms with E-state index in [1.165, 1.54) is 24.0 Å². The highest BCUT2D eigenvalue weighted by atomic mass is 32.2. The van der Waals surface area contributed by atoms with E-state index >= 15 is 0 Å². The van der Waals surface area contributed by atoms with Crippen LogP contribution in [-0.4, -0.2) is 173 Å². The van der Waals surface area contributed by atoms with Gasteiger partial charge >= 0.3 is 5.97 Å². The van der Waals surface area contributed by atoms with E-state index in [4.69, 9.17) is 21.1 Å². The molecule has 0 saturated carbocycles. The number of unbranched alkanes of at least 4 members (excludes halogenated alkanes) is 2. The van der Waals surface area contributed by atoms with E-state index in [0.717, 1.165) is 17.3 Å². The number of nitrogens with two attached hydrogens (primary N) is 2. The van der Waals surface area contributed by atoms with Crippen molar-refractivity contribution in [2.75, 3.05) is 53.8 Å². The number of ether oxygens (including phenoxy) is 2. The van der Waals surface area contributed by atoms with Crippen molar-refractivity contribution >= 4 is 70.5 Å². The van der Waals surface area contributed by atoms with Gasteiger partial charge in [-0.05, 0) is 55.4 Å². The molecule has 0 spiro atoms. The number of hydrogen-bond acceptors (Lipinski definition) is 15. The number of likely N-dealkylation sites (N-methyl/N-ethyl adjacent to an activating group) is 2. The molecule has 3 unspecified atom stereocenters. The molecule has 3 rings (SSSR count). The molecule has 1 aromatic rings. The zero-order valence-electron chi connectivity index (χ0n) is 48.0. The molecule has 11 atom stereocenters. The molecule has 2 aliphatic rings. The third-order valence-electron chi connectivity index (χ3n) is 15.9. The summed E-state index contributed by atoms with van der Waals surface area (Å²) >= 11 is 1.10. The molecular formula is C57H90N6O14S. The predicted octanol–water partition coefficient (Wildman–Crippen LogP) is 4.90. The van der Waals surface area contributed by atoms with Crippen molar-refractivity contribution in [2.45, 2.75) is 168 Å². The molecule has 21 heteroatoms. The van der Waals surface area contributed by atoms with Crippen molar-refractivity contribution in [3.63, 3.8) is 0 Å². The normalized spacial score (nSPS) is 19.2. The number of carbonyl (C=O) groups is 10. The van der Waals surface area contributed by atoms with Gasteiger partial charge in [0.1, 0.15) is 12.4 Å². The van der Waals surface area contributed by atoms with Crippen LogP contribution < -0.4 is 11.6 Å². The van der Waals surface area contributed by atoms with Crippen molar-refractivity contribution in [3.8, 4) is 0 Å². The first-order valence-electron chi connectivity index (χ1n) is 27.6. The van der Waals surface area contributed by atoms with Crippen LogP contribution in [-0.2, 0) is 68.7 Å². The first-order valence-corrected chi connectivity index (χ1v) is 28.7. The minimum Gasteiger partial charge on any atom is -0.481 e. The molecule has 2 aliphatic heterocycles. The second kappa shape index (κ2) is 32.9. The number of imide groups is 1. The summed E-state index contributed by atoms with van der Waals surface area (Å²) in [6.45, 7) is 13.4. The summed E-state index contributed by atoms with van der Waals surface area (Å²) in [6, 6.07) is 7.32. The van der Waals surface area contributed by atoms with Crippen LogP contribution in [0.15, 0.2) is 30.3 Å².